The molecule has 3 aromatic carbocycles. The van der Waals surface area contributed by atoms with Crippen molar-refractivity contribution < 1.29 is 13.2 Å². The van der Waals surface area contributed by atoms with Crippen molar-refractivity contribution in [1.82, 2.24) is 5.32 Å². The number of hydrogen-bond acceptors (Lipinski definition) is 4. The summed E-state index contributed by atoms with van der Waals surface area (Å²) in [7, 11) is -3.73. The molecular weight excluding hydrogens is 475 g/mol. The molecule has 1 amide bonds. The number of benzene rings is 3. The third-order valence-electron chi connectivity index (χ3n) is 4.23. The fourth-order valence-electron chi connectivity index (χ4n) is 2.68. The van der Waals surface area contributed by atoms with E-state index < -0.39 is 10.0 Å². The molecule has 0 radical (unpaired) electrons. The van der Waals surface area contributed by atoms with Gasteiger partial charge in [0.1, 0.15) is 0 Å². The minimum atomic E-state index is -3.73. The molecule has 0 aliphatic carbocycles. The van der Waals surface area contributed by atoms with Crippen molar-refractivity contribution >= 4 is 56.6 Å². The summed E-state index contributed by atoms with van der Waals surface area (Å²) in [5, 5.41) is 3.70. The molecule has 0 saturated carbocycles. The predicted molar refractivity (Wildman–Crippen MR) is 129 cm³/mol. The molecule has 2 N–H and O–H groups in total. The zero-order chi connectivity index (χ0) is 22.3. The first-order valence-corrected chi connectivity index (χ1v) is 12.7. The summed E-state index contributed by atoms with van der Waals surface area (Å²) in [5.74, 6) is 1.25. The molecule has 0 bridgehead atoms. The Balaban J connectivity index is 1.51. The summed E-state index contributed by atoms with van der Waals surface area (Å²) in [5.41, 5.74) is 1.73. The minimum Gasteiger partial charge on any atom is -0.351 e. The van der Waals surface area contributed by atoms with Crippen LogP contribution in [-0.2, 0) is 15.8 Å². The zero-order valence-electron chi connectivity index (χ0n) is 16.3. The van der Waals surface area contributed by atoms with Gasteiger partial charge in [-0.3, -0.25) is 9.52 Å². The molecule has 0 atom stereocenters. The molecule has 0 fully saturated rings. The van der Waals surface area contributed by atoms with E-state index in [1.807, 2.05) is 24.3 Å². The normalized spacial score (nSPS) is 11.2. The smallest absolute Gasteiger partial charge is 0.261 e. The first-order chi connectivity index (χ1) is 14.8. The van der Waals surface area contributed by atoms with Gasteiger partial charge in [-0.1, -0.05) is 53.5 Å². The molecule has 0 saturated heterocycles. The van der Waals surface area contributed by atoms with E-state index in [1.165, 1.54) is 30.3 Å². The van der Waals surface area contributed by atoms with Crippen LogP contribution in [0.1, 0.15) is 15.9 Å². The molecule has 0 heterocycles. The largest absolute Gasteiger partial charge is 0.351 e. The Kier molecular flexibility index (Phi) is 8.26. The monoisotopic (exact) mass is 494 g/mol. The second-order valence-corrected chi connectivity index (χ2v) is 10.2. The van der Waals surface area contributed by atoms with Gasteiger partial charge in [-0.25, -0.2) is 8.42 Å². The minimum absolute atomic E-state index is 0.143. The highest BCUT2D eigenvalue weighted by Crippen LogP contribution is 2.23. The maximum atomic E-state index is 12.4. The summed E-state index contributed by atoms with van der Waals surface area (Å²) in [4.78, 5) is 12.5. The maximum absolute atomic E-state index is 12.4. The van der Waals surface area contributed by atoms with Crippen LogP contribution in [-0.4, -0.2) is 26.6 Å². The van der Waals surface area contributed by atoms with E-state index in [9.17, 15) is 13.2 Å². The van der Waals surface area contributed by atoms with Gasteiger partial charge in [-0.15, -0.1) is 0 Å². The summed E-state index contributed by atoms with van der Waals surface area (Å²) in [6.45, 7) is 0.482. The Morgan fingerprint density at radius 3 is 2.32 bits per heavy atom. The van der Waals surface area contributed by atoms with E-state index in [0.29, 0.717) is 11.6 Å². The standard InChI is InChI=1S/C22H20Cl2N2O3S2/c23-17-8-6-16(7-9-17)15-30-13-12-25-22(27)20-11-10-18(14-21(20)24)26-31(28,29)19-4-2-1-3-5-19/h1-11,14,26H,12-13,15H2,(H,25,27). The molecule has 0 unspecified atom stereocenters. The first-order valence-electron chi connectivity index (χ1n) is 9.33. The number of thioether (sulfide) groups is 1. The Hall–Kier alpha value is -2.19. The number of rotatable bonds is 9. The number of nitrogens with one attached hydrogen (secondary N) is 2. The van der Waals surface area contributed by atoms with Gasteiger partial charge in [0, 0.05) is 23.1 Å². The maximum Gasteiger partial charge on any atom is 0.261 e. The van der Waals surface area contributed by atoms with Crippen molar-refractivity contribution in [1.29, 1.82) is 0 Å². The van der Waals surface area contributed by atoms with Gasteiger partial charge in [-0.2, -0.15) is 11.8 Å². The molecule has 3 aromatic rings. The van der Waals surface area contributed by atoms with Gasteiger partial charge in [0.15, 0.2) is 0 Å². The molecule has 0 aliphatic rings. The average molecular weight is 495 g/mol. The lowest BCUT2D eigenvalue weighted by Crippen LogP contribution is -2.26. The van der Waals surface area contributed by atoms with Crippen molar-refractivity contribution in [2.45, 2.75) is 10.6 Å². The molecule has 5 nitrogen and oxygen atoms in total. The second kappa shape index (κ2) is 10.9. The van der Waals surface area contributed by atoms with Crippen LogP contribution < -0.4 is 10.0 Å². The quantitative estimate of drug-likeness (QED) is 0.387. The van der Waals surface area contributed by atoms with Crippen molar-refractivity contribution in [3.63, 3.8) is 0 Å². The van der Waals surface area contributed by atoms with Gasteiger partial charge in [-0.05, 0) is 48.0 Å². The predicted octanol–water partition coefficient (Wildman–Crippen LogP) is 5.46. The van der Waals surface area contributed by atoms with Crippen LogP contribution in [0.2, 0.25) is 10.0 Å². The van der Waals surface area contributed by atoms with Gasteiger partial charge in [0.2, 0.25) is 0 Å². The number of hydrogen-bond donors (Lipinski definition) is 2. The Labute approximate surface area is 196 Å². The van der Waals surface area contributed by atoms with E-state index in [4.69, 9.17) is 23.2 Å². The SMILES string of the molecule is O=C(NCCSCc1ccc(Cl)cc1)c1ccc(NS(=O)(=O)c2ccccc2)cc1Cl. The molecule has 9 heteroatoms. The molecule has 0 aliphatic heterocycles. The molecular formula is C22H20Cl2N2O3S2. The van der Waals surface area contributed by atoms with E-state index in [1.54, 1.807) is 30.0 Å². The topological polar surface area (TPSA) is 75.3 Å². The number of sulfonamides is 1. The Morgan fingerprint density at radius 1 is 0.935 bits per heavy atom. The highest BCUT2D eigenvalue weighted by atomic mass is 35.5. The number of carbonyl (C=O) groups is 1. The molecule has 0 aromatic heterocycles. The zero-order valence-corrected chi connectivity index (χ0v) is 19.5. The van der Waals surface area contributed by atoms with Crippen LogP contribution in [0.15, 0.2) is 77.7 Å². The summed E-state index contributed by atoms with van der Waals surface area (Å²) < 4.78 is 27.3. The lowest BCUT2D eigenvalue weighted by Gasteiger charge is -2.11. The van der Waals surface area contributed by atoms with Crippen molar-refractivity contribution in [3.8, 4) is 0 Å². The van der Waals surface area contributed by atoms with E-state index in [2.05, 4.69) is 10.0 Å². The number of halogens is 2. The Bertz CT molecular complexity index is 1140. The summed E-state index contributed by atoms with van der Waals surface area (Å²) >= 11 is 13.8. The number of anilines is 1. The van der Waals surface area contributed by atoms with Gasteiger partial charge in [0.25, 0.3) is 15.9 Å². The lowest BCUT2D eigenvalue weighted by molar-refractivity contribution is 0.0956. The van der Waals surface area contributed by atoms with E-state index >= 15 is 0 Å². The molecule has 31 heavy (non-hydrogen) atoms. The third kappa shape index (κ3) is 6.90. The van der Waals surface area contributed by atoms with Crippen LogP contribution in [0.4, 0.5) is 5.69 Å². The summed E-state index contributed by atoms with van der Waals surface area (Å²) in [6.07, 6.45) is 0. The first kappa shape index (κ1) is 23.5. The average Bonchev–Trinajstić information content (AvgIpc) is 2.75. The number of amides is 1. The lowest BCUT2D eigenvalue weighted by atomic mass is 10.2. The fourth-order valence-corrected chi connectivity index (χ4v) is 4.96. The van der Waals surface area contributed by atoms with Crippen LogP contribution in [0, 0.1) is 0 Å². The fraction of sp³-hybridized carbons (Fsp3) is 0.136. The highest BCUT2D eigenvalue weighted by molar-refractivity contribution is 7.98. The highest BCUT2D eigenvalue weighted by Gasteiger charge is 2.16. The van der Waals surface area contributed by atoms with Gasteiger partial charge < -0.3 is 5.32 Å². The molecule has 0 spiro atoms. The summed E-state index contributed by atoms with van der Waals surface area (Å²) in [6, 6.07) is 20.1. The van der Waals surface area contributed by atoms with Crippen molar-refractivity contribution in [2.75, 3.05) is 17.0 Å². The van der Waals surface area contributed by atoms with Crippen molar-refractivity contribution in [2.24, 2.45) is 0 Å². The van der Waals surface area contributed by atoms with E-state index in [-0.39, 0.29) is 27.1 Å². The molecule has 162 valence electrons. The molecule has 3 rings (SSSR count). The Morgan fingerprint density at radius 2 is 1.65 bits per heavy atom. The van der Waals surface area contributed by atoms with Crippen LogP contribution in [0.25, 0.3) is 0 Å². The second-order valence-electron chi connectivity index (χ2n) is 6.55. The van der Waals surface area contributed by atoms with Crippen LogP contribution in [0.5, 0.6) is 0 Å². The third-order valence-corrected chi connectivity index (χ3v) is 7.23. The van der Waals surface area contributed by atoms with Gasteiger partial charge >= 0.3 is 0 Å². The van der Waals surface area contributed by atoms with Gasteiger partial charge in [0.05, 0.1) is 21.2 Å². The van der Waals surface area contributed by atoms with E-state index in [0.717, 1.165) is 17.1 Å². The van der Waals surface area contributed by atoms with Crippen molar-refractivity contribution in [3.05, 3.63) is 94.0 Å². The van der Waals surface area contributed by atoms with Crippen LogP contribution in [0.3, 0.4) is 0 Å². The van der Waals surface area contributed by atoms with Crippen LogP contribution >= 0.6 is 35.0 Å². The number of carbonyl (C=O) groups excluding carboxylic acids is 1.